The zero-order chi connectivity index (χ0) is 22.8. The van der Waals surface area contributed by atoms with Gasteiger partial charge in [-0.05, 0) is 12.8 Å². The van der Waals surface area contributed by atoms with Crippen molar-refractivity contribution in [1.29, 1.82) is 0 Å². The zero-order valence-corrected chi connectivity index (χ0v) is 18.7. The van der Waals surface area contributed by atoms with Gasteiger partial charge in [-0.25, -0.2) is 13.9 Å². The lowest BCUT2D eigenvalue weighted by Gasteiger charge is -2.25. The maximum atomic E-state index is 12.1. The highest BCUT2D eigenvalue weighted by atomic mass is 31.3. The van der Waals surface area contributed by atoms with E-state index in [1.807, 2.05) is 4.98 Å². The van der Waals surface area contributed by atoms with Crippen molar-refractivity contribution in [2.75, 3.05) is 6.61 Å². The van der Waals surface area contributed by atoms with Crippen LogP contribution in [0.15, 0.2) is 21.9 Å². The van der Waals surface area contributed by atoms with E-state index in [2.05, 4.69) is 8.83 Å². The third-order valence-corrected chi connectivity index (χ3v) is 7.60. The average Bonchev–Trinajstić information content (AvgIpc) is 2.94. The van der Waals surface area contributed by atoms with E-state index in [4.69, 9.17) is 9.26 Å². The lowest BCUT2D eigenvalue weighted by Crippen LogP contribution is -2.37. The van der Waals surface area contributed by atoms with Crippen molar-refractivity contribution < 1.29 is 47.2 Å². The summed E-state index contributed by atoms with van der Waals surface area (Å²) in [5.41, 5.74) is -1.60. The van der Waals surface area contributed by atoms with Gasteiger partial charge in [0.05, 0.1) is 12.7 Å². The minimum absolute atomic E-state index is 0. The lowest BCUT2D eigenvalue weighted by atomic mass is 9.98. The van der Waals surface area contributed by atoms with E-state index >= 15 is 0 Å². The first-order valence-electron chi connectivity index (χ1n) is 9.50. The van der Waals surface area contributed by atoms with Gasteiger partial charge in [0.2, 0.25) is 0 Å². The van der Waals surface area contributed by atoms with Crippen LogP contribution in [0.25, 0.3) is 0 Å². The first kappa shape index (κ1) is 27.0. The Kier molecular flexibility index (Phi) is 9.13. The summed E-state index contributed by atoms with van der Waals surface area (Å²) in [6.07, 6.45) is -2.12. The third-order valence-electron chi connectivity index (χ3n) is 4.91. The Balaban J connectivity index is 0.00000363. The zero-order valence-electron chi connectivity index (χ0n) is 16.9. The van der Waals surface area contributed by atoms with Crippen LogP contribution in [0.4, 0.5) is 0 Å². The van der Waals surface area contributed by atoms with Crippen molar-refractivity contribution in [2.24, 2.45) is 0 Å². The van der Waals surface area contributed by atoms with Gasteiger partial charge in [0.15, 0.2) is 6.23 Å². The van der Waals surface area contributed by atoms with E-state index in [1.54, 1.807) is 0 Å². The highest BCUT2D eigenvalue weighted by Gasteiger charge is 2.46. The largest absolute Gasteiger partial charge is 0.481 e. The summed E-state index contributed by atoms with van der Waals surface area (Å²) in [5.74, 6) is 0. The van der Waals surface area contributed by atoms with Gasteiger partial charge >= 0.3 is 21.3 Å². The summed E-state index contributed by atoms with van der Waals surface area (Å²) in [6.45, 7) is -0.829. The second-order valence-corrected chi connectivity index (χ2v) is 10.2. The number of H-pyrrole nitrogens is 1. The number of aliphatic hydroxyl groups is 2. The molecule has 2 fully saturated rings. The van der Waals surface area contributed by atoms with Crippen LogP contribution in [0.3, 0.4) is 0 Å². The van der Waals surface area contributed by atoms with Gasteiger partial charge in [0, 0.05) is 12.3 Å². The first-order chi connectivity index (χ1) is 14.5. The van der Waals surface area contributed by atoms with Crippen molar-refractivity contribution in [1.82, 2.24) is 15.7 Å². The van der Waals surface area contributed by atoms with E-state index in [0.717, 1.165) is 36.1 Å². The van der Waals surface area contributed by atoms with Gasteiger partial charge in [-0.3, -0.25) is 23.4 Å². The van der Waals surface area contributed by atoms with Crippen LogP contribution in [-0.2, 0) is 27.2 Å². The standard InChI is InChI=1S/C15H24N2O12P2.H3N/c18-11-6-7-17(15(21)16-11)14-13(20)12(19)10(27-14)8-26-30(22,23)29-31(24,25)28-9-4-2-1-3-5-9;/h6-7,9-10,12-14,19-20H,1-5,8H2,(H,22,23)(H,24,25)(H,16,18,21);1H3/t10-,12-,13-,14-;/m1./s1. The number of phosphoric ester groups is 2. The smallest absolute Gasteiger partial charge is 0.387 e. The number of phosphoric acid groups is 2. The molecule has 1 aromatic heterocycles. The molecule has 15 nitrogen and oxygen atoms in total. The minimum Gasteiger partial charge on any atom is -0.387 e. The molecular formula is C15H27N3O12P2. The Hall–Kier alpha value is -1.22. The van der Waals surface area contributed by atoms with Gasteiger partial charge in [0.1, 0.15) is 18.3 Å². The van der Waals surface area contributed by atoms with Crippen molar-refractivity contribution >= 4 is 15.6 Å². The van der Waals surface area contributed by atoms with Gasteiger partial charge in [-0.1, -0.05) is 19.3 Å². The number of nitrogens with zero attached hydrogens (tertiary/aromatic N) is 1. The SMILES string of the molecule is N.O=c1ccn([C@@H]2O[C@H](COP(=O)(O)OP(=O)(O)OC3CCCCC3)[C@@H](O)[C@H]2O)c(=O)[nH]1. The number of rotatable bonds is 8. The molecule has 184 valence electrons. The van der Waals surface area contributed by atoms with Crippen molar-refractivity contribution in [3.8, 4) is 0 Å². The molecule has 0 bridgehead atoms. The molecule has 0 spiro atoms. The molecule has 8 N–H and O–H groups in total. The lowest BCUT2D eigenvalue weighted by molar-refractivity contribution is -0.0544. The van der Waals surface area contributed by atoms with Crippen molar-refractivity contribution in [3.05, 3.63) is 33.1 Å². The number of aromatic nitrogens is 2. The fraction of sp³-hybridized carbons (Fsp3) is 0.733. The first-order valence-corrected chi connectivity index (χ1v) is 12.5. The molecule has 1 aliphatic heterocycles. The monoisotopic (exact) mass is 503 g/mol. The van der Waals surface area contributed by atoms with Crippen LogP contribution in [0.1, 0.15) is 38.3 Å². The summed E-state index contributed by atoms with van der Waals surface area (Å²) in [4.78, 5) is 44.5. The van der Waals surface area contributed by atoms with Crippen LogP contribution in [0.2, 0.25) is 0 Å². The Morgan fingerprint density at radius 3 is 2.38 bits per heavy atom. The fourth-order valence-electron chi connectivity index (χ4n) is 3.42. The molecule has 32 heavy (non-hydrogen) atoms. The number of aromatic amines is 1. The maximum absolute atomic E-state index is 12.1. The number of ether oxygens (including phenoxy) is 1. The summed E-state index contributed by atoms with van der Waals surface area (Å²) in [5, 5.41) is 20.2. The summed E-state index contributed by atoms with van der Waals surface area (Å²) < 4.78 is 44.0. The quantitative estimate of drug-likeness (QED) is 0.254. The van der Waals surface area contributed by atoms with Crippen molar-refractivity contribution in [2.45, 2.75) is 62.7 Å². The van der Waals surface area contributed by atoms with Crippen LogP contribution in [-0.4, -0.2) is 60.6 Å². The molecule has 0 aromatic carbocycles. The Morgan fingerprint density at radius 2 is 1.75 bits per heavy atom. The molecule has 0 radical (unpaired) electrons. The van der Waals surface area contributed by atoms with Gasteiger partial charge in [-0.15, -0.1) is 0 Å². The molecule has 1 aromatic rings. The summed E-state index contributed by atoms with van der Waals surface area (Å²) in [6, 6.07) is 0.995. The van der Waals surface area contributed by atoms with E-state index < -0.39 is 64.1 Å². The molecular weight excluding hydrogens is 476 g/mol. The molecule has 2 heterocycles. The second kappa shape index (κ2) is 10.8. The number of nitrogens with one attached hydrogen (secondary N) is 1. The molecule has 1 aliphatic carbocycles. The highest BCUT2D eigenvalue weighted by Crippen LogP contribution is 2.61. The number of hydrogen-bond donors (Lipinski definition) is 6. The fourth-order valence-corrected chi connectivity index (χ4v) is 5.73. The Morgan fingerprint density at radius 1 is 1.09 bits per heavy atom. The molecule has 17 heteroatoms. The molecule has 1 saturated carbocycles. The summed E-state index contributed by atoms with van der Waals surface area (Å²) >= 11 is 0. The van der Waals surface area contributed by atoms with Crippen LogP contribution >= 0.6 is 15.6 Å². The van der Waals surface area contributed by atoms with Crippen LogP contribution < -0.4 is 17.4 Å². The van der Waals surface area contributed by atoms with Gasteiger partial charge in [-0.2, -0.15) is 4.31 Å². The topological polar surface area (TPSA) is 242 Å². The summed E-state index contributed by atoms with van der Waals surface area (Å²) in [7, 11) is -10.0. The van der Waals surface area contributed by atoms with Crippen LogP contribution in [0, 0.1) is 0 Å². The maximum Gasteiger partial charge on any atom is 0.481 e. The minimum atomic E-state index is -5.12. The van der Waals surface area contributed by atoms with Crippen LogP contribution in [0.5, 0.6) is 0 Å². The van der Waals surface area contributed by atoms with E-state index in [0.29, 0.717) is 12.8 Å². The van der Waals surface area contributed by atoms with E-state index in [-0.39, 0.29) is 6.15 Å². The van der Waals surface area contributed by atoms with E-state index in [9.17, 15) is 38.7 Å². The molecule has 1 saturated heterocycles. The molecule has 2 aliphatic rings. The second-order valence-electron chi connectivity index (χ2n) is 7.24. The van der Waals surface area contributed by atoms with Gasteiger partial charge < -0.3 is 30.9 Å². The number of hydrogen-bond acceptors (Lipinski definition) is 11. The van der Waals surface area contributed by atoms with Crippen molar-refractivity contribution in [3.63, 3.8) is 0 Å². The normalized spacial score (nSPS) is 30.2. The third kappa shape index (κ3) is 6.89. The number of aliphatic hydroxyl groups excluding tert-OH is 2. The molecule has 3 rings (SSSR count). The Bertz CT molecular complexity index is 977. The van der Waals surface area contributed by atoms with Gasteiger partial charge in [0.25, 0.3) is 5.56 Å². The predicted octanol–water partition coefficient (Wildman–Crippen LogP) is -0.0989. The Labute approximate surface area is 181 Å². The molecule has 2 unspecified atom stereocenters. The molecule has 6 atom stereocenters. The molecule has 0 amide bonds. The van der Waals surface area contributed by atoms with E-state index in [1.165, 1.54) is 0 Å². The average molecular weight is 503 g/mol. The predicted molar refractivity (Wildman–Crippen MR) is 107 cm³/mol. The highest BCUT2D eigenvalue weighted by molar-refractivity contribution is 7.61.